The number of ether oxygens (including phenoxy) is 1. The number of morpholine rings is 1. The molecule has 0 radical (unpaired) electrons. The van der Waals surface area contributed by atoms with Crippen LogP contribution in [0.4, 0.5) is 0 Å². The van der Waals surface area contributed by atoms with E-state index < -0.39 is 0 Å². The highest BCUT2D eigenvalue weighted by Crippen LogP contribution is 2.31. The van der Waals surface area contributed by atoms with E-state index in [2.05, 4.69) is 31.0 Å². The minimum atomic E-state index is 0.382. The smallest absolute Gasteiger partial charge is 0.0852 e. The van der Waals surface area contributed by atoms with Crippen LogP contribution < -0.4 is 5.32 Å². The highest BCUT2D eigenvalue weighted by atomic mass is 16.5. The number of hydrogen-bond acceptors (Lipinski definition) is 3. The Morgan fingerprint density at radius 1 is 1.47 bits per heavy atom. The molecule has 3 heteroatoms. The molecule has 2 atom stereocenters. The summed E-state index contributed by atoms with van der Waals surface area (Å²) in [5.74, 6) is 0. The zero-order chi connectivity index (χ0) is 10.9. The van der Waals surface area contributed by atoms with Crippen LogP contribution in [0.15, 0.2) is 0 Å². The Morgan fingerprint density at radius 3 is 2.80 bits per heavy atom. The molecule has 0 spiro atoms. The molecule has 0 aromatic heterocycles. The lowest BCUT2D eigenvalue weighted by Gasteiger charge is -2.35. The van der Waals surface area contributed by atoms with Crippen LogP contribution in [0.2, 0.25) is 0 Å². The molecule has 88 valence electrons. The topological polar surface area (TPSA) is 24.5 Å². The van der Waals surface area contributed by atoms with Gasteiger partial charge in [0.1, 0.15) is 0 Å². The summed E-state index contributed by atoms with van der Waals surface area (Å²) in [5, 5.41) is 3.41. The SMILES string of the molecule is CC(C1CNCCO1)N1CCC(C)(C)C1. The van der Waals surface area contributed by atoms with E-state index in [1.165, 1.54) is 19.5 Å². The molecule has 0 aliphatic carbocycles. The monoisotopic (exact) mass is 212 g/mol. The van der Waals surface area contributed by atoms with Crippen molar-refractivity contribution in [3.8, 4) is 0 Å². The quantitative estimate of drug-likeness (QED) is 0.742. The van der Waals surface area contributed by atoms with Crippen molar-refractivity contribution >= 4 is 0 Å². The highest BCUT2D eigenvalue weighted by molar-refractivity contribution is 4.89. The average Bonchev–Trinajstić information content (AvgIpc) is 2.59. The first-order valence-electron chi connectivity index (χ1n) is 6.15. The minimum Gasteiger partial charge on any atom is -0.374 e. The molecule has 0 aromatic carbocycles. The molecule has 2 rings (SSSR count). The lowest BCUT2D eigenvalue weighted by Crippen LogP contribution is -2.50. The van der Waals surface area contributed by atoms with Crippen LogP contribution in [0.5, 0.6) is 0 Å². The third kappa shape index (κ3) is 2.71. The second kappa shape index (κ2) is 4.40. The Labute approximate surface area is 93.2 Å². The van der Waals surface area contributed by atoms with Gasteiger partial charge in [0, 0.05) is 25.7 Å². The van der Waals surface area contributed by atoms with Crippen molar-refractivity contribution in [2.75, 3.05) is 32.8 Å². The van der Waals surface area contributed by atoms with Gasteiger partial charge in [-0.15, -0.1) is 0 Å². The summed E-state index contributed by atoms with van der Waals surface area (Å²) in [6, 6.07) is 0.555. The van der Waals surface area contributed by atoms with Crippen LogP contribution in [-0.2, 0) is 4.74 Å². The Balaban J connectivity index is 1.87. The second-order valence-electron chi connectivity index (χ2n) is 5.74. The largest absolute Gasteiger partial charge is 0.374 e. The Bertz CT molecular complexity index is 212. The van der Waals surface area contributed by atoms with Gasteiger partial charge in [-0.1, -0.05) is 13.8 Å². The summed E-state index contributed by atoms with van der Waals surface area (Å²) in [7, 11) is 0. The van der Waals surface area contributed by atoms with Crippen molar-refractivity contribution in [3.05, 3.63) is 0 Å². The molecule has 2 heterocycles. The average molecular weight is 212 g/mol. The van der Waals surface area contributed by atoms with Crippen molar-refractivity contribution in [2.45, 2.75) is 39.3 Å². The van der Waals surface area contributed by atoms with Gasteiger partial charge >= 0.3 is 0 Å². The van der Waals surface area contributed by atoms with Crippen molar-refractivity contribution in [1.82, 2.24) is 10.2 Å². The molecular weight excluding hydrogens is 188 g/mol. The summed E-state index contributed by atoms with van der Waals surface area (Å²) in [5.41, 5.74) is 0.496. The van der Waals surface area contributed by atoms with Crippen molar-refractivity contribution < 1.29 is 4.74 Å². The fourth-order valence-electron chi connectivity index (χ4n) is 2.63. The van der Waals surface area contributed by atoms with Crippen LogP contribution in [0.3, 0.4) is 0 Å². The molecule has 2 fully saturated rings. The molecule has 0 bridgehead atoms. The van der Waals surface area contributed by atoms with Gasteiger partial charge in [-0.2, -0.15) is 0 Å². The van der Waals surface area contributed by atoms with Gasteiger partial charge < -0.3 is 10.1 Å². The molecule has 15 heavy (non-hydrogen) atoms. The molecule has 1 N–H and O–H groups in total. The summed E-state index contributed by atoms with van der Waals surface area (Å²) >= 11 is 0. The van der Waals surface area contributed by atoms with E-state index in [4.69, 9.17) is 4.74 Å². The number of nitrogens with zero attached hydrogens (tertiary/aromatic N) is 1. The molecule has 0 amide bonds. The van der Waals surface area contributed by atoms with E-state index in [1.807, 2.05) is 0 Å². The summed E-state index contributed by atoms with van der Waals surface area (Å²) in [4.78, 5) is 2.58. The van der Waals surface area contributed by atoms with Crippen LogP contribution in [-0.4, -0.2) is 49.8 Å². The third-order valence-corrected chi connectivity index (χ3v) is 3.78. The van der Waals surface area contributed by atoms with Gasteiger partial charge in [0.2, 0.25) is 0 Å². The van der Waals surface area contributed by atoms with Crippen LogP contribution in [0.25, 0.3) is 0 Å². The molecule has 3 nitrogen and oxygen atoms in total. The van der Waals surface area contributed by atoms with Crippen molar-refractivity contribution in [3.63, 3.8) is 0 Å². The number of likely N-dealkylation sites (tertiary alicyclic amines) is 1. The van der Waals surface area contributed by atoms with Gasteiger partial charge in [-0.25, -0.2) is 0 Å². The lowest BCUT2D eigenvalue weighted by molar-refractivity contribution is -0.0224. The van der Waals surface area contributed by atoms with Crippen LogP contribution in [0.1, 0.15) is 27.2 Å². The maximum Gasteiger partial charge on any atom is 0.0852 e. The number of rotatable bonds is 2. The van der Waals surface area contributed by atoms with Gasteiger partial charge in [-0.3, -0.25) is 4.90 Å². The molecule has 2 saturated heterocycles. The predicted molar refractivity (Wildman–Crippen MR) is 62.0 cm³/mol. The Morgan fingerprint density at radius 2 is 2.27 bits per heavy atom. The van der Waals surface area contributed by atoms with Gasteiger partial charge in [0.25, 0.3) is 0 Å². The van der Waals surface area contributed by atoms with Gasteiger partial charge in [-0.05, 0) is 25.3 Å². The standard InChI is InChI=1S/C12H24N2O/c1-10(11-8-13-5-7-15-11)14-6-4-12(2,3)9-14/h10-11,13H,4-9H2,1-3H3. The summed E-state index contributed by atoms with van der Waals surface area (Å²) < 4.78 is 5.82. The van der Waals surface area contributed by atoms with Crippen LogP contribution >= 0.6 is 0 Å². The molecule has 2 unspecified atom stereocenters. The van der Waals surface area contributed by atoms with E-state index in [-0.39, 0.29) is 0 Å². The number of nitrogens with one attached hydrogen (secondary N) is 1. The van der Waals surface area contributed by atoms with Crippen molar-refractivity contribution in [2.24, 2.45) is 5.41 Å². The third-order valence-electron chi connectivity index (χ3n) is 3.78. The second-order valence-corrected chi connectivity index (χ2v) is 5.74. The van der Waals surface area contributed by atoms with Crippen molar-refractivity contribution in [1.29, 1.82) is 0 Å². The zero-order valence-electron chi connectivity index (χ0n) is 10.3. The predicted octanol–water partition coefficient (Wildman–Crippen LogP) is 1.10. The zero-order valence-corrected chi connectivity index (χ0v) is 10.3. The van der Waals surface area contributed by atoms with Crippen LogP contribution in [0, 0.1) is 5.41 Å². The van der Waals surface area contributed by atoms with E-state index in [0.717, 1.165) is 19.7 Å². The van der Waals surface area contributed by atoms with E-state index in [1.54, 1.807) is 0 Å². The fourth-order valence-corrected chi connectivity index (χ4v) is 2.63. The van der Waals surface area contributed by atoms with E-state index in [9.17, 15) is 0 Å². The maximum atomic E-state index is 5.82. The van der Waals surface area contributed by atoms with E-state index >= 15 is 0 Å². The molecular formula is C12H24N2O. The Kier molecular flexibility index (Phi) is 3.33. The maximum absolute atomic E-state index is 5.82. The first-order chi connectivity index (χ1) is 7.08. The minimum absolute atomic E-state index is 0.382. The first kappa shape index (κ1) is 11.4. The summed E-state index contributed by atoms with van der Waals surface area (Å²) in [6.45, 7) is 12.4. The van der Waals surface area contributed by atoms with E-state index in [0.29, 0.717) is 17.6 Å². The molecule has 0 aromatic rings. The summed E-state index contributed by atoms with van der Waals surface area (Å²) in [6.07, 6.45) is 1.70. The highest BCUT2D eigenvalue weighted by Gasteiger charge is 2.35. The molecule has 0 saturated carbocycles. The normalized spacial score (nSPS) is 34.2. The number of hydrogen-bond donors (Lipinski definition) is 1. The first-order valence-corrected chi connectivity index (χ1v) is 6.15. The molecule has 2 aliphatic rings. The molecule has 2 aliphatic heterocycles. The fraction of sp³-hybridized carbons (Fsp3) is 1.00. The Hall–Kier alpha value is -0.120. The lowest BCUT2D eigenvalue weighted by atomic mass is 9.93. The van der Waals surface area contributed by atoms with Gasteiger partial charge in [0.05, 0.1) is 12.7 Å². The van der Waals surface area contributed by atoms with Gasteiger partial charge in [0.15, 0.2) is 0 Å².